The Bertz CT molecular complexity index is 1660. The highest BCUT2D eigenvalue weighted by Gasteiger charge is 2.26. The summed E-state index contributed by atoms with van der Waals surface area (Å²) in [6, 6.07) is 11.7. The molecular formula is C31H37N5O5. The predicted molar refractivity (Wildman–Crippen MR) is 156 cm³/mol. The van der Waals surface area contributed by atoms with Crippen LogP contribution in [-0.4, -0.2) is 48.8 Å². The number of carbonyl (C=O) groups excluding carboxylic acids is 1. The SMILES string of the molecule is Cc1ccccc1CN(CCn1c2nc(=O)[nH]c(=O)c-2nc2cc(C)c(OC3CCCC3)cc21)C(=O)OC(C)(C)C. The van der Waals surface area contributed by atoms with E-state index in [1.807, 2.05) is 71.0 Å². The molecule has 2 aliphatic heterocycles. The quantitative estimate of drug-likeness (QED) is 0.318. The molecule has 1 amide bonds. The number of hydrogen-bond acceptors (Lipinski definition) is 7. The number of H-pyrrole nitrogens is 1. The number of aromatic nitrogens is 4. The lowest BCUT2D eigenvalue weighted by Crippen LogP contribution is -2.39. The summed E-state index contributed by atoms with van der Waals surface area (Å²) in [5, 5.41) is 0. The number of nitrogens with one attached hydrogen (secondary N) is 1. The molecule has 0 spiro atoms. The lowest BCUT2D eigenvalue weighted by molar-refractivity contribution is 0.0227. The zero-order valence-corrected chi connectivity index (χ0v) is 24.3. The van der Waals surface area contributed by atoms with Crippen molar-refractivity contribution in [1.82, 2.24) is 24.4 Å². The molecule has 2 aromatic carbocycles. The van der Waals surface area contributed by atoms with E-state index in [9.17, 15) is 14.4 Å². The van der Waals surface area contributed by atoms with Crippen LogP contribution < -0.4 is 16.0 Å². The van der Waals surface area contributed by atoms with Crippen LogP contribution in [0.1, 0.15) is 63.1 Å². The summed E-state index contributed by atoms with van der Waals surface area (Å²) in [7, 11) is 0. The van der Waals surface area contributed by atoms with Crippen LogP contribution in [-0.2, 0) is 17.8 Å². The van der Waals surface area contributed by atoms with E-state index in [-0.39, 0.29) is 30.7 Å². The monoisotopic (exact) mass is 559 g/mol. The van der Waals surface area contributed by atoms with E-state index in [0.29, 0.717) is 17.6 Å². The van der Waals surface area contributed by atoms with E-state index in [4.69, 9.17) is 9.47 Å². The first-order valence-electron chi connectivity index (χ1n) is 14.1. The smallest absolute Gasteiger partial charge is 0.410 e. The summed E-state index contributed by atoms with van der Waals surface area (Å²) in [5.41, 5.74) is 2.20. The minimum absolute atomic E-state index is 0.0590. The fraction of sp³-hybridized carbons (Fsp3) is 0.452. The van der Waals surface area contributed by atoms with Gasteiger partial charge >= 0.3 is 11.8 Å². The highest BCUT2D eigenvalue weighted by Crippen LogP contribution is 2.31. The molecule has 5 rings (SSSR count). The van der Waals surface area contributed by atoms with Crippen LogP contribution in [0.5, 0.6) is 5.75 Å². The molecular weight excluding hydrogens is 522 g/mol. The zero-order chi connectivity index (χ0) is 29.3. The minimum atomic E-state index is -0.754. The number of hydrogen-bond donors (Lipinski definition) is 1. The lowest BCUT2D eigenvalue weighted by atomic mass is 10.1. The Hall–Kier alpha value is -4.21. The van der Waals surface area contributed by atoms with Crippen molar-refractivity contribution in [3.63, 3.8) is 0 Å². The van der Waals surface area contributed by atoms with Crippen molar-refractivity contribution in [2.75, 3.05) is 6.54 Å². The van der Waals surface area contributed by atoms with Gasteiger partial charge in [-0.25, -0.2) is 14.6 Å². The Morgan fingerprint density at radius 2 is 1.80 bits per heavy atom. The van der Waals surface area contributed by atoms with Gasteiger partial charge in [0.05, 0.1) is 17.1 Å². The predicted octanol–water partition coefficient (Wildman–Crippen LogP) is 4.96. The number of fused-ring (bicyclic) bond motifs is 2. The van der Waals surface area contributed by atoms with Crippen LogP contribution in [0.3, 0.4) is 0 Å². The third-order valence-corrected chi connectivity index (χ3v) is 7.37. The van der Waals surface area contributed by atoms with Crippen molar-refractivity contribution in [2.45, 2.75) is 85.1 Å². The van der Waals surface area contributed by atoms with Crippen molar-refractivity contribution >= 4 is 17.1 Å². The maximum absolute atomic E-state index is 13.4. The van der Waals surface area contributed by atoms with Gasteiger partial charge in [-0.15, -0.1) is 0 Å². The molecule has 0 saturated heterocycles. The van der Waals surface area contributed by atoms with E-state index in [1.54, 1.807) is 9.47 Å². The fourth-order valence-corrected chi connectivity index (χ4v) is 5.24. The fourth-order valence-electron chi connectivity index (χ4n) is 5.24. The van der Waals surface area contributed by atoms with Crippen LogP contribution in [0, 0.1) is 13.8 Å². The molecule has 0 radical (unpaired) electrons. The molecule has 2 heterocycles. The van der Waals surface area contributed by atoms with Crippen molar-refractivity contribution in [2.24, 2.45) is 0 Å². The Labute approximate surface area is 238 Å². The molecule has 0 bridgehead atoms. The second-order valence-electron chi connectivity index (χ2n) is 11.8. The highest BCUT2D eigenvalue weighted by atomic mass is 16.6. The van der Waals surface area contributed by atoms with Gasteiger partial charge in [0, 0.05) is 25.7 Å². The van der Waals surface area contributed by atoms with Gasteiger partial charge in [-0.3, -0.25) is 9.78 Å². The molecule has 3 aliphatic rings. The third-order valence-electron chi connectivity index (χ3n) is 7.37. The first kappa shape index (κ1) is 28.3. The van der Waals surface area contributed by atoms with E-state index in [2.05, 4.69) is 15.0 Å². The summed E-state index contributed by atoms with van der Waals surface area (Å²) in [6.07, 6.45) is 3.99. The summed E-state index contributed by atoms with van der Waals surface area (Å²) in [5.74, 6) is 0.886. The van der Waals surface area contributed by atoms with Crippen molar-refractivity contribution in [3.05, 3.63) is 73.9 Å². The molecule has 0 unspecified atom stereocenters. The average molecular weight is 560 g/mol. The summed E-state index contributed by atoms with van der Waals surface area (Å²) < 4.78 is 13.9. The van der Waals surface area contributed by atoms with Crippen LogP contribution in [0.4, 0.5) is 4.79 Å². The molecule has 1 N–H and O–H groups in total. The molecule has 0 aromatic heterocycles. The maximum atomic E-state index is 13.4. The Kier molecular flexibility index (Phi) is 7.84. The van der Waals surface area contributed by atoms with Gasteiger partial charge in [-0.05, 0) is 83.1 Å². The Morgan fingerprint density at radius 3 is 2.51 bits per heavy atom. The van der Waals surface area contributed by atoms with E-state index >= 15 is 0 Å². The van der Waals surface area contributed by atoms with Gasteiger partial charge in [0.1, 0.15) is 11.4 Å². The standard InChI is InChI=1S/C31H37N5O5/c1-19-10-6-7-11-21(19)18-35(30(39)41-31(3,4)5)14-15-36-24-17-25(40-22-12-8-9-13-22)20(2)16-23(24)32-26-27(36)33-29(38)34-28(26)37/h6-7,10-11,16-17,22H,8-9,12-15,18H2,1-5H3,(H,34,37,38). The van der Waals surface area contributed by atoms with Crippen molar-refractivity contribution < 1.29 is 14.3 Å². The molecule has 10 nitrogen and oxygen atoms in total. The molecule has 0 atom stereocenters. The number of aryl methyl sites for hydroxylation is 2. The highest BCUT2D eigenvalue weighted by molar-refractivity contribution is 5.82. The number of benzene rings is 2. The van der Waals surface area contributed by atoms with Crippen LogP contribution in [0.2, 0.25) is 0 Å². The largest absolute Gasteiger partial charge is 0.490 e. The average Bonchev–Trinajstić information content (AvgIpc) is 3.40. The molecule has 41 heavy (non-hydrogen) atoms. The Morgan fingerprint density at radius 1 is 1.07 bits per heavy atom. The van der Waals surface area contributed by atoms with Crippen molar-refractivity contribution in [3.8, 4) is 17.3 Å². The first-order chi connectivity index (χ1) is 19.5. The second-order valence-corrected chi connectivity index (χ2v) is 11.8. The zero-order valence-electron chi connectivity index (χ0n) is 24.3. The normalized spacial score (nSPS) is 14.1. The molecule has 216 valence electrons. The molecule has 2 aromatic rings. The van der Waals surface area contributed by atoms with Crippen LogP contribution in [0.25, 0.3) is 22.6 Å². The second kappa shape index (κ2) is 11.3. The lowest BCUT2D eigenvalue weighted by Gasteiger charge is -2.29. The van der Waals surface area contributed by atoms with Gasteiger partial charge in [0.15, 0.2) is 11.5 Å². The molecule has 10 heteroatoms. The van der Waals surface area contributed by atoms with E-state index < -0.39 is 22.9 Å². The summed E-state index contributed by atoms with van der Waals surface area (Å²) >= 11 is 0. The first-order valence-corrected chi connectivity index (χ1v) is 14.1. The number of nitrogens with zero attached hydrogens (tertiary/aromatic N) is 4. The minimum Gasteiger partial charge on any atom is -0.490 e. The maximum Gasteiger partial charge on any atom is 0.410 e. The topological polar surface area (TPSA) is 119 Å². The number of amides is 1. The number of aromatic amines is 1. The summed E-state index contributed by atoms with van der Waals surface area (Å²) in [4.78, 5) is 51.0. The number of rotatable bonds is 7. The third kappa shape index (κ3) is 6.42. The van der Waals surface area contributed by atoms with Crippen LogP contribution in [0.15, 0.2) is 46.0 Å². The van der Waals surface area contributed by atoms with Crippen molar-refractivity contribution in [1.29, 1.82) is 0 Å². The Balaban J connectivity index is 1.58. The van der Waals surface area contributed by atoms with E-state index in [0.717, 1.165) is 48.1 Å². The molecule has 1 aliphatic carbocycles. The van der Waals surface area contributed by atoms with Crippen LogP contribution >= 0.6 is 0 Å². The summed E-state index contributed by atoms with van der Waals surface area (Å²) in [6.45, 7) is 10.2. The number of ether oxygens (including phenoxy) is 2. The molecule has 1 saturated carbocycles. The van der Waals surface area contributed by atoms with Gasteiger partial charge in [0.2, 0.25) is 0 Å². The molecule has 1 fully saturated rings. The van der Waals surface area contributed by atoms with Gasteiger partial charge in [0.25, 0.3) is 5.56 Å². The van der Waals surface area contributed by atoms with Gasteiger partial charge < -0.3 is 18.9 Å². The number of carbonyl (C=O) groups is 1. The van der Waals surface area contributed by atoms with Gasteiger partial charge in [-0.2, -0.15) is 4.98 Å². The van der Waals surface area contributed by atoms with E-state index in [1.165, 1.54) is 0 Å². The van der Waals surface area contributed by atoms with Gasteiger partial charge in [-0.1, -0.05) is 24.3 Å².